The van der Waals surface area contributed by atoms with E-state index in [1.54, 1.807) is 37.3 Å². The van der Waals surface area contributed by atoms with Gasteiger partial charge in [-0.25, -0.2) is 4.79 Å². The van der Waals surface area contributed by atoms with E-state index in [0.717, 1.165) is 0 Å². The molecule has 118 valence electrons. The summed E-state index contributed by atoms with van der Waals surface area (Å²) >= 11 is 0. The third-order valence-corrected chi connectivity index (χ3v) is 3.52. The fourth-order valence-electron chi connectivity index (χ4n) is 2.39. The van der Waals surface area contributed by atoms with Crippen molar-refractivity contribution in [1.82, 2.24) is 0 Å². The summed E-state index contributed by atoms with van der Waals surface area (Å²) in [7, 11) is 0. The van der Waals surface area contributed by atoms with E-state index in [1.165, 1.54) is 12.1 Å². The molecule has 1 heterocycles. The zero-order chi connectivity index (χ0) is 16.4. The van der Waals surface area contributed by atoms with Gasteiger partial charge in [0.1, 0.15) is 6.10 Å². The van der Waals surface area contributed by atoms with Gasteiger partial charge in [0.05, 0.1) is 11.3 Å². The van der Waals surface area contributed by atoms with Crippen molar-refractivity contribution in [1.29, 1.82) is 0 Å². The van der Waals surface area contributed by atoms with Crippen LogP contribution in [0.1, 0.15) is 17.3 Å². The minimum Gasteiger partial charge on any atom is -0.482 e. The molecular weight excluding hydrogens is 298 g/mol. The Morgan fingerprint density at radius 3 is 2.30 bits per heavy atom. The van der Waals surface area contributed by atoms with E-state index in [9.17, 15) is 9.59 Å². The van der Waals surface area contributed by atoms with Crippen molar-refractivity contribution in [3.8, 4) is 11.5 Å². The molecule has 1 aliphatic heterocycles. The van der Waals surface area contributed by atoms with E-state index in [2.05, 4.69) is 5.32 Å². The Kier molecular flexibility index (Phi) is 3.89. The molecule has 0 aromatic heterocycles. The maximum Gasteiger partial charge on any atom is 0.337 e. The second-order valence-corrected chi connectivity index (χ2v) is 5.15. The molecule has 2 aromatic rings. The number of hydrogen-bond donors (Lipinski definition) is 2. The summed E-state index contributed by atoms with van der Waals surface area (Å²) in [6.45, 7) is 1.73. The number of fused-ring (bicyclic) bond motifs is 1. The van der Waals surface area contributed by atoms with Crippen LogP contribution in [-0.4, -0.2) is 29.2 Å². The number of rotatable bonds is 3. The highest BCUT2D eigenvalue weighted by Gasteiger charge is 2.34. The van der Waals surface area contributed by atoms with Gasteiger partial charge in [0.25, 0.3) is 5.91 Å². The molecule has 6 heteroatoms. The first kappa shape index (κ1) is 14.9. The number of benzene rings is 2. The summed E-state index contributed by atoms with van der Waals surface area (Å²) in [6.07, 6.45) is -1.37. The quantitative estimate of drug-likeness (QED) is 0.909. The lowest BCUT2D eigenvalue weighted by molar-refractivity contribution is -0.128. The lowest BCUT2D eigenvalue weighted by Crippen LogP contribution is -2.46. The number of aromatic carboxylic acids is 1. The Morgan fingerprint density at radius 1 is 1.00 bits per heavy atom. The lowest BCUT2D eigenvalue weighted by Gasteiger charge is -2.31. The van der Waals surface area contributed by atoms with Crippen LogP contribution in [0.5, 0.6) is 11.5 Å². The van der Waals surface area contributed by atoms with Gasteiger partial charge in [-0.05, 0) is 31.2 Å². The number of para-hydroxylation sites is 3. The first-order valence-corrected chi connectivity index (χ1v) is 7.12. The van der Waals surface area contributed by atoms with E-state index in [4.69, 9.17) is 14.6 Å². The highest BCUT2D eigenvalue weighted by molar-refractivity contribution is 6.02. The van der Waals surface area contributed by atoms with E-state index < -0.39 is 24.1 Å². The number of ether oxygens (including phenoxy) is 2. The number of carbonyl (C=O) groups excluding carboxylic acids is 1. The Bertz CT molecular complexity index is 758. The Hall–Kier alpha value is -3.02. The lowest BCUT2D eigenvalue weighted by atomic mass is 10.1. The summed E-state index contributed by atoms with van der Waals surface area (Å²) in [5, 5.41) is 11.8. The van der Waals surface area contributed by atoms with Gasteiger partial charge in [-0.2, -0.15) is 0 Å². The molecule has 2 N–H and O–H groups in total. The highest BCUT2D eigenvalue weighted by Crippen LogP contribution is 2.33. The molecule has 1 amide bonds. The molecule has 1 aliphatic rings. The summed E-state index contributed by atoms with van der Waals surface area (Å²) < 4.78 is 11.4. The SMILES string of the molecule is C[C@H]1Oc2ccccc2O[C@@H]1C(=O)Nc1ccccc1C(=O)O. The van der Waals surface area contributed by atoms with Gasteiger partial charge >= 0.3 is 5.97 Å². The minimum absolute atomic E-state index is 0.0191. The van der Waals surface area contributed by atoms with Crippen molar-refractivity contribution in [2.75, 3.05) is 5.32 Å². The van der Waals surface area contributed by atoms with E-state index in [0.29, 0.717) is 11.5 Å². The molecule has 0 aliphatic carbocycles. The summed E-state index contributed by atoms with van der Waals surface area (Å²) in [6, 6.07) is 13.3. The van der Waals surface area contributed by atoms with E-state index >= 15 is 0 Å². The van der Waals surface area contributed by atoms with Crippen molar-refractivity contribution in [2.45, 2.75) is 19.1 Å². The van der Waals surface area contributed by atoms with Gasteiger partial charge in [-0.15, -0.1) is 0 Å². The van der Waals surface area contributed by atoms with Crippen LogP contribution in [0.3, 0.4) is 0 Å². The van der Waals surface area contributed by atoms with Crippen LogP contribution in [0.4, 0.5) is 5.69 Å². The largest absolute Gasteiger partial charge is 0.482 e. The van der Waals surface area contributed by atoms with Gasteiger partial charge in [0, 0.05) is 0 Å². The standard InChI is InChI=1S/C17H15NO5/c1-10-15(23-14-9-5-4-8-13(14)22-10)16(19)18-12-7-3-2-6-11(12)17(20)21/h2-10,15H,1H3,(H,18,19)(H,20,21)/t10-,15+/m1/s1. The maximum absolute atomic E-state index is 12.5. The number of carboxylic acid groups (broad SMARTS) is 1. The first-order chi connectivity index (χ1) is 11.1. The molecule has 2 atom stereocenters. The van der Waals surface area contributed by atoms with Crippen molar-refractivity contribution < 1.29 is 24.2 Å². The van der Waals surface area contributed by atoms with E-state index in [1.807, 2.05) is 6.07 Å². The van der Waals surface area contributed by atoms with Crippen LogP contribution < -0.4 is 14.8 Å². The number of carbonyl (C=O) groups is 2. The second-order valence-electron chi connectivity index (χ2n) is 5.15. The van der Waals surface area contributed by atoms with Gasteiger partial charge in [0.15, 0.2) is 11.5 Å². The number of hydrogen-bond acceptors (Lipinski definition) is 4. The van der Waals surface area contributed by atoms with Crippen LogP contribution in [0.25, 0.3) is 0 Å². The normalized spacial score (nSPS) is 19.0. The molecule has 0 bridgehead atoms. The second kappa shape index (κ2) is 6.00. The van der Waals surface area contributed by atoms with Crippen LogP contribution in [0.2, 0.25) is 0 Å². The molecule has 23 heavy (non-hydrogen) atoms. The third kappa shape index (κ3) is 2.96. The topological polar surface area (TPSA) is 84.9 Å². The molecule has 2 aromatic carbocycles. The monoisotopic (exact) mass is 313 g/mol. The minimum atomic E-state index is -1.11. The van der Waals surface area contributed by atoms with Gasteiger partial charge < -0.3 is 19.9 Å². The molecule has 0 radical (unpaired) electrons. The van der Waals surface area contributed by atoms with Crippen LogP contribution in [0, 0.1) is 0 Å². The Morgan fingerprint density at radius 2 is 1.61 bits per heavy atom. The summed E-state index contributed by atoms with van der Waals surface area (Å²) in [5.74, 6) is -0.506. The summed E-state index contributed by atoms with van der Waals surface area (Å²) in [5.41, 5.74) is 0.241. The van der Waals surface area contributed by atoms with E-state index in [-0.39, 0.29) is 11.3 Å². The average Bonchev–Trinajstić information content (AvgIpc) is 2.54. The molecule has 6 nitrogen and oxygen atoms in total. The zero-order valence-electron chi connectivity index (χ0n) is 12.4. The van der Waals surface area contributed by atoms with Crippen molar-refractivity contribution in [3.05, 3.63) is 54.1 Å². The van der Waals surface area contributed by atoms with Gasteiger partial charge in [0.2, 0.25) is 6.10 Å². The fraction of sp³-hybridized carbons (Fsp3) is 0.176. The highest BCUT2D eigenvalue weighted by atomic mass is 16.6. The smallest absolute Gasteiger partial charge is 0.337 e. The van der Waals surface area contributed by atoms with Crippen LogP contribution >= 0.6 is 0 Å². The zero-order valence-corrected chi connectivity index (χ0v) is 12.4. The Labute approximate surface area is 132 Å². The number of nitrogens with one attached hydrogen (secondary N) is 1. The predicted molar refractivity (Wildman–Crippen MR) is 83.0 cm³/mol. The van der Waals surface area contributed by atoms with Gasteiger partial charge in [-0.1, -0.05) is 24.3 Å². The number of carboxylic acids is 1. The molecule has 0 spiro atoms. The molecule has 0 saturated heterocycles. The molecule has 3 rings (SSSR count). The average molecular weight is 313 g/mol. The van der Waals surface area contributed by atoms with Gasteiger partial charge in [-0.3, -0.25) is 4.79 Å². The third-order valence-electron chi connectivity index (χ3n) is 3.52. The molecular formula is C17H15NO5. The summed E-state index contributed by atoms with van der Waals surface area (Å²) in [4.78, 5) is 23.7. The van der Waals surface area contributed by atoms with Crippen LogP contribution in [0.15, 0.2) is 48.5 Å². The van der Waals surface area contributed by atoms with Crippen LogP contribution in [-0.2, 0) is 4.79 Å². The van der Waals surface area contributed by atoms with Crippen molar-refractivity contribution >= 4 is 17.6 Å². The first-order valence-electron chi connectivity index (χ1n) is 7.12. The maximum atomic E-state index is 12.5. The van der Waals surface area contributed by atoms with Crippen molar-refractivity contribution in [3.63, 3.8) is 0 Å². The molecule has 0 saturated carbocycles. The fourth-order valence-corrected chi connectivity index (χ4v) is 2.39. The molecule has 0 fully saturated rings. The predicted octanol–water partition coefficient (Wildman–Crippen LogP) is 2.55. The van der Waals surface area contributed by atoms with Crippen molar-refractivity contribution in [2.24, 2.45) is 0 Å². The molecule has 0 unspecified atom stereocenters. The Balaban J connectivity index is 1.81. The number of amides is 1. The number of anilines is 1.